The second kappa shape index (κ2) is 8.41. The van der Waals surface area contributed by atoms with Crippen LogP contribution in [0.4, 0.5) is 0 Å². The molecule has 0 saturated heterocycles. The standard InChI is InChI=1S/C29H42O2/c1-19(2)8-7-9-20(3)25-12-13-26-24-11-10-22-18-23(31-21(4)30)14-16-28(22,5)27(24)15-17-29(25,26)6/h10-11,14,16,18-20,25-27H,7-9,12-13,15,17H2,1-6H3/t20-,25-,26?,27?,28+,29-/m1/s1. The van der Waals surface area contributed by atoms with Crippen LogP contribution < -0.4 is 0 Å². The third-order valence-electron chi connectivity index (χ3n) is 9.27. The summed E-state index contributed by atoms with van der Waals surface area (Å²) in [7, 11) is 0. The summed E-state index contributed by atoms with van der Waals surface area (Å²) in [6.07, 6.45) is 20.7. The maximum atomic E-state index is 11.4. The second-order valence-corrected chi connectivity index (χ2v) is 11.7. The summed E-state index contributed by atoms with van der Waals surface area (Å²) in [5.41, 5.74) is 3.47. The van der Waals surface area contributed by atoms with Gasteiger partial charge in [0.1, 0.15) is 5.76 Å². The van der Waals surface area contributed by atoms with Crippen LogP contribution in [0.5, 0.6) is 0 Å². The largest absolute Gasteiger partial charge is 0.427 e. The fourth-order valence-corrected chi connectivity index (χ4v) is 7.57. The number of fused-ring (bicyclic) bond motifs is 5. The molecule has 0 aromatic rings. The predicted molar refractivity (Wildman–Crippen MR) is 128 cm³/mol. The Morgan fingerprint density at radius 3 is 2.58 bits per heavy atom. The number of ether oxygens (including phenoxy) is 1. The monoisotopic (exact) mass is 422 g/mol. The highest BCUT2D eigenvalue weighted by Crippen LogP contribution is 2.65. The molecule has 0 spiro atoms. The molecule has 2 unspecified atom stereocenters. The van der Waals surface area contributed by atoms with Gasteiger partial charge in [-0.2, -0.15) is 0 Å². The molecule has 0 bridgehead atoms. The molecule has 170 valence electrons. The predicted octanol–water partition coefficient (Wildman–Crippen LogP) is 7.78. The maximum absolute atomic E-state index is 11.4. The van der Waals surface area contributed by atoms with Crippen molar-refractivity contribution in [1.29, 1.82) is 0 Å². The van der Waals surface area contributed by atoms with Crippen LogP contribution in [0.1, 0.15) is 86.5 Å². The molecule has 4 aliphatic carbocycles. The number of hydrogen-bond donors (Lipinski definition) is 0. The van der Waals surface area contributed by atoms with Crippen LogP contribution >= 0.6 is 0 Å². The molecule has 0 aliphatic heterocycles. The van der Waals surface area contributed by atoms with Gasteiger partial charge in [0.15, 0.2) is 0 Å². The van der Waals surface area contributed by atoms with Gasteiger partial charge in [-0.25, -0.2) is 0 Å². The van der Waals surface area contributed by atoms with Gasteiger partial charge in [-0.1, -0.05) is 77.7 Å². The summed E-state index contributed by atoms with van der Waals surface area (Å²) in [5.74, 6) is 4.24. The van der Waals surface area contributed by atoms with Gasteiger partial charge < -0.3 is 4.74 Å². The number of esters is 1. The second-order valence-electron chi connectivity index (χ2n) is 11.7. The Balaban J connectivity index is 1.55. The Bertz CT molecular complexity index is 841. The first-order chi connectivity index (χ1) is 14.6. The molecular formula is C29H42O2. The van der Waals surface area contributed by atoms with Gasteiger partial charge in [0, 0.05) is 12.3 Å². The lowest BCUT2D eigenvalue weighted by atomic mass is 9.51. The van der Waals surface area contributed by atoms with Gasteiger partial charge in [-0.3, -0.25) is 4.79 Å². The van der Waals surface area contributed by atoms with E-state index in [4.69, 9.17) is 4.74 Å². The number of carbonyl (C=O) groups excluding carboxylic acids is 1. The van der Waals surface area contributed by atoms with E-state index in [9.17, 15) is 4.79 Å². The summed E-state index contributed by atoms with van der Waals surface area (Å²) >= 11 is 0. The molecule has 0 radical (unpaired) electrons. The smallest absolute Gasteiger partial charge is 0.308 e. The SMILES string of the molecule is CC(=O)OC1=CC2=CC=C3C(CC[C@@]4(C)C3CC[C@@H]4[C@H](C)CCCC(C)C)[C@@]2(C)C=C1. The highest BCUT2D eigenvalue weighted by molar-refractivity contribution is 5.68. The first-order valence-corrected chi connectivity index (χ1v) is 12.7. The fourth-order valence-electron chi connectivity index (χ4n) is 7.57. The van der Waals surface area contributed by atoms with Crippen molar-refractivity contribution < 1.29 is 9.53 Å². The number of rotatable bonds is 6. The van der Waals surface area contributed by atoms with Crippen molar-refractivity contribution in [3.8, 4) is 0 Å². The van der Waals surface area contributed by atoms with Crippen molar-refractivity contribution in [2.75, 3.05) is 0 Å². The molecule has 0 aromatic heterocycles. The summed E-state index contributed by atoms with van der Waals surface area (Å²) in [4.78, 5) is 11.4. The topological polar surface area (TPSA) is 26.3 Å². The Morgan fingerprint density at radius 1 is 1.10 bits per heavy atom. The Hall–Kier alpha value is -1.57. The van der Waals surface area contributed by atoms with E-state index in [2.05, 4.69) is 58.9 Å². The molecule has 31 heavy (non-hydrogen) atoms. The van der Waals surface area contributed by atoms with Gasteiger partial charge in [-0.05, 0) is 78.4 Å². The van der Waals surface area contributed by atoms with Gasteiger partial charge in [0.05, 0.1) is 0 Å². The van der Waals surface area contributed by atoms with Crippen LogP contribution in [-0.4, -0.2) is 5.97 Å². The third kappa shape index (κ3) is 4.00. The molecule has 6 atom stereocenters. The summed E-state index contributed by atoms with van der Waals surface area (Å²) in [5, 5.41) is 0. The molecule has 2 fully saturated rings. The zero-order valence-corrected chi connectivity index (χ0v) is 20.5. The lowest BCUT2D eigenvalue weighted by molar-refractivity contribution is -0.136. The van der Waals surface area contributed by atoms with Crippen LogP contribution in [0.3, 0.4) is 0 Å². The van der Waals surface area contributed by atoms with E-state index in [1.165, 1.54) is 57.4 Å². The minimum Gasteiger partial charge on any atom is -0.427 e. The first-order valence-electron chi connectivity index (χ1n) is 12.7. The average Bonchev–Trinajstić information content (AvgIpc) is 3.05. The fraction of sp³-hybridized carbons (Fsp3) is 0.690. The van der Waals surface area contributed by atoms with E-state index in [1.54, 1.807) is 5.57 Å². The van der Waals surface area contributed by atoms with E-state index in [0.717, 1.165) is 23.7 Å². The van der Waals surface area contributed by atoms with Gasteiger partial charge in [0.2, 0.25) is 0 Å². The zero-order valence-electron chi connectivity index (χ0n) is 20.5. The molecule has 4 rings (SSSR count). The average molecular weight is 423 g/mol. The van der Waals surface area contributed by atoms with Crippen molar-refractivity contribution in [2.24, 2.45) is 40.4 Å². The lowest BCUT2D eigenvalue weighted by Crippen LogP contribution is -2.44. The summed E-state index contributed by atoms with van der Waals surface area (Å²) in [6, 6.07) is 0. The van der Waals surface area contributed by atoms with Crippen molar-refractivity contribution in [1.82, 2.24) is 0 Å². The Labute approximate surface area is 189 Å². The van der Waals surface area contributed by atoms with Crippen LogP contribution in [0.15, 0.2) is 47.3 Å². The third-order valence-corrected chi connectivity index (χ3v) is 9.27. The molecule has 2 saturated carbocycles. The van der Waals surface area contributed by atoms with E-state index >= 15 is 0 Å². The minimum absolute atomic E-state index is 0.0238. The molecule has 0 aromatic carbocycles. The van der Waals surface area contributed by atoms with Crippen molar-refractivity contribution in [3.63, 3.8) is 0 Å². The Morgan fingerprint density at radius 2 is 1.87 bits per heavy atom. The van der Waals surface area contributed by atoms with Gasteiger partial charge >= 0.3 is 5.97 Å². The molecule has 2 heteroatoms. The van der Waals surface area contributed by atoms with E-state index < -0.39 is 0 Å². The number of allylic oxidation sites excluding steroid dienone is 7. The zero-order chi connectivity index (χ0) is 22.4. The van der Waals surface area contributed by atoms with Gasteiger partial charge in [0.25, 0.3) is 0 Å². The molecule has 4 aliphatic rings. The highest BCUT2D eigenvalue weighted by atomic mass is 16.5. The summed E-state index contributed by atoms with van der Waals surface area (Å²) < 4.78 is 5.37. The van der Waals surface area contributed by atoms with Crippen LogP contribution in [0.2, 0.25) is 0 Å². The molecule has 0 N–H and O–H groups in total. The van der Waals surface area contributed by atoms with E-state index in [1.807, 2.05) is 6.08 Å². The van der Waals surface area contributed by atoms with Crippen molar-refractivity contribution in [3.05, 3.63) is 47.3 Å². The maximum Gasteiger partial charge on any atom is 0.308 e. The number of carbonyl (C=O) groups is 1. The number of hydrogen-bond acceptors (Lipinski definition) is 2. The van der Waals surface area contributed by atoms with Crippen LogP contribution in [0, 0.1) is 40.4 Å². The first kappa shape index (κ1) is 22.6. The highest BCUT2D eigenvalue weighted by Gasteiger charge is 2.56. The quantitative estimate of drug-likeness (QED) is 0.408. The molecule has 2 nitrogen and oxygen atoms in total. The van der Waals surface area contributed by atoms with Crippen LogP contribution in [-0.2, 0) is 9.53 Å². The van der Waals surface area contributed by atoms with Crippen molar-refractivity contribution >= 4 is 5.97 Å². The van der Waals surface area contributed by atoms with Crippen molar-refractivity contribution in [2.45, 2.75) is 86.5 Å². The molecule has 0 amide bonds. The normalized spacial score (nSPS) is 37.3. The Kier molecular flexibility index (Phi) is 6.14. The van der Waals surface area contributed by atoms with E-state index in [0.29, 0.717) is 17.1 Å². The lowest BCUT2D eigenvalue weighted by Gasteiger charge is -2.53. The minimum atomic E-state index is -0.250. The van der Waals surface area contributed by atoms with Gasteiger partial charge in [-0.15, -0.1) is 0 Å². The molecular weight excluding hydrogens is 380 g/mol. The van der Waals surface area contributed by atoms with E-state index in [-0.39, 0.29) is 11.4 Å². The summed E-state index contributed by atoms with van der Waals surface area (Å²) in [6.45, 7) is 13.7. The molecule has 0 heterocycles. The van der Waals surface area contributed by atoms with Crippen LogP contribution in [0.25, 0.3) is 0 Å².